The maximum Gasteiger partial charge on any atom is 1.00 e. The molecule has 1 heterocycles. The molecule has 2 atom stereocenters. The number of aromatic nitrogens is 2. The molecule has 0 aliphatic carbocycles. The predicted molar refractivity (Wildman–Crippen MR) is 119 cm³/mol. The molecule has 2 N–H and O–H groups in total. The molecule has 0 saturated heterocycles. The third-order valence-corrected chi connectivity index (χ3v) is 5.06. The number of halogens is 2. The molecule has 0 spiro atoms. The van der Waals surface area contributed by atoms with Crippen molar-refractivity contribution >= 4 is 12.2 Å². The number of benzene rings is 2. The van der Waals surface area contributed by atoms with Crippen molar-refractivity contribution in [3.63, 3.8) is 0 Å². The number of carbonyl (C=O) groups excluding carboxylic acids is 1. The second-order valence-corrected chi connectivity index (χ2v) is 8.08. The number of carbonyl (C=O) groups is 1. The molecule has 0 amide bonds. The zero-order valence-electron chi connectivity index (χ0n) is 19.3. The molecule has 174 valence electrons. The standard InChI is InChI=1S/C25H26F2N2O4.Na/c1-15(2)25-28-23(16-3-7-18(26)8-4-16)24(17-5-9-19(27)10-6-17)29(25)12-11-20(30)13-21(31)14-22(32)33;/h3-12,15,20-21,30-31H,13-14H2,1-2H3,(H,32,33);/q;+1/p-1/b12-11+;/t20-,21-;/m0./s1. The minimum absolute atomic E-state index is 0. The van der Waals surface area contributed by atoms with Crippen LogP contribution in [0.25, 0.3) is 28.7 Å². The average molecular weight is 478 g/mol. The van der Waals surface area contributed by atoms with Gasteiger partial charge in [-0.15, -0.1) is 0 Å². The Balaban J connectivity index is 0.00000408. The van der Waals surface area contributed by atoms with Gasteiger partial charge in [0.1, 0.15) is 17.5 Å². The van der Waals surface area contributed by atoms with E-state index in [1.807, 2.05) is 13.8 Å². The van der Waals surface area contributed by atoms with Crippen molar-refractivity contribution in [1.82, 2.24) is 9.55 Å². The fourth-order valence-electron chi connectivity index (χ4n) is 3.52. The molecule has 9 heteroatoms. The normalized spacial score (nSPS) is 13.1. The number of aliphatic hydroxyl groups excluding tert-OH is 2. The Morgan fingerprint density at radius 1 is 1.03 bits per heavy atom. The minimum atomic E-state index is -1.40. The topological polar surface area (TPSA) is 98.4 Å². The summed E-state index contributed by atoms with van der Waals surface area (Å²) in [7, 11) is 0. The van der Waals surface area contributed by atoms with Crippen LogP contribution in [-0.2, 0) is 4.79 Å². The van der Waals surface area contributed by atoms with E-state index in [0.717, 1.165) is 0 Å². The van der Waals surface area contributed by atoms with Gasteiger partial charge in [0.15, 0.2) is 0 Å². The van der Waals surface area contributed by atoms with Gasteiger partial charge in [0, 0.05) is 42.1 Å². The molecule has 3 aromatic rings. The van der Waals surface area contributed by atoms with Crippen LogP contribution in [0.1, 0.15) is 38.4 Å². The third kappa shape index (κ3) is 7.07. The summed E-state index contributed by atoms with van der Waals surface area (Å²) < 4.78 is 28.9. The van der Waals surface area contributed by atoms with Crippen molar-refractivity contribution in [2.75, 3.05) is 0 Å². The SMILES string of the molecule is CC(C)c1nc(-c2ccc(F)cc2)c(-c2ccc(F)cc2)n1/C=C/[C@H](O)C[C@H](O)CC(=O)[O-].[Na+]. The summed E-state index contributed by atoms with van der Waals surface area (Å²) in [6.45, 7) is 3.88. The van der Waals surface area contributed by atoms with Gasteiger partial charge in [0.25, 0.3) is 0 Å². The fourth-order valence-corrected chi connectivity index (χ4v) is 3.52. The van der Waals surface area contributed by atoms with E-state index < -0.39 is 30.4 Å². The third-order valence-electron chi connectivity index (χ3n) is 5.06. The molecule has 6 nitrogen and oxygen atoms in total. The van der Waals surface area contributed by atoms with Crippen LogP contribution >= 0.6 is 0 Å². The molecule has 34 heavy (non-hydrogen) atoms. The number of aliphatic carboxylic acids is 1. The van der Waals surface area contributed by atoms with E-state index in [9.17, 15) is 28.9 Å². The van der Waals surface area contributed by atoms with Crippen LogP contribution in [0.5, 0.6) is 0 Å². The maximum absolute atomic E-state index is 13.6. The monoisotopic (exact) mass is 478 g/mol. The molecule has 0 saturated carbocycles. The zero-order chi connectivity index (χ0) is 24.1. The van der Waals surface area contributed by atoms with Crippen LogP contribution in [-0.4, -0.2) is 37.9 Å². The number of carboxylic acid groups (broad SMARTS) is 1. The Labute approximate surface area is 218 Å². The fraction of sp³-hybridized carbons (Fsp3) is 0.280. The van der Waals surface area contributed by atoms with Crippen molar-refractivity contribution in [3.05, 3.63) is 72.1 Å². The van der Waals surface area contributed by atoms with Gasteiger partial charge >= 0.3 is 29.6 Å². The average Bonchev–Trinajstić information content (AvgIpc) is 3.12. The summed E-state index contributed by atoms with van der Waals surface area (Å²) in [5.74, 6) is -1.58. The summed E-state index contributed by atoms with van der Waals surface area (Å²) >= 11 is 0. The first kappa shape index (κ1) is 27.9. The molecule has 0 fully saturated rings. The second kappa shape index (κ2) is 12.4. The van der Waals surface area contributed by atoms with Crippen LogP contribution in [0.4, 0.5) is 8.78 Å². The van der Waals surface area contributed by atoms with E-state index in [1.165, 1.54) is 30.3 Å². The molecular formula is C25H25F2N2NaO4. The summed E-state index contributed by atoms with van der Waals surface area (Å²) in [6, 6.07) is 11.7. The molecular weight excluding hydrogens is 453 g/mol. The van der Waals surface area contributed by atoms with E-state index in [2.05, 4.69) is 0 Å². The van der Waals surface area contributed by atoms with Crippen LogP contribution < -0.4 is 34.7 Å². The van der Waals surface area contributed by atoms with Gasteiger partial charge in [0.2, 0.25) is 0 Å². The number of nitrogens with zero attached hydrogens (tertiary/aromatic N) is 2. The van der Waals surface area contributed by atoms with Crippen molar-refractivity contribution in [1.29, 1.82) is 0 Å². The van der Waals surface area contributed by atoms with Gasteiger partial charge in [0.05, 0.1) is 23.6 Å². The van der Waals surface area contributed by atoms with Gasteiger partial charge in [-0.2, -0.15) is 0 Å². The van der Waals surface area contributed by atoms with E-state index in [1.54, 1.807) is 35.0 Å². The second-order valence-electron chi connectivity index (χ2n) is 8.08. The summed E-state index contributed by atoms with van der Waals surface area (Å²) in [5.41, 5.74) is 2.49. The first-order chi connectivity index (χ1) is 15.7. The van der Waals surface area contributed by atoms with Gasteiger partial charge in [-0.05, 0) is 54.6 Å². The molecule has 0 unspecified atom stereocenters. The summed E-state index contributed by atoms with van der Waals surface area (Å²) in [4.78, 5) is 15.4. The zero-order valence-corrected chi connectivity index (χ0v) is 21.3. The number of imidazole rings is 1. The number of rotatable bonds is 9. The largest absolute Gasteiger partial charge is 1.00 e. The number of hydrogen-bond acceptors (Lipinski definition) is 5. The molecule has 0 bridgehead atoms. The Morgan fingerprint density at radius 2 is 1.56 bits per heavy atom. The van der Waals surface area contributed by atoms with Gasteiger partial charge in [-0.25, -0.2) is 13.8 Å². The number of aliphatic hydroxyl groups is 2. The first-order valence-electron chi connectivity index (χ1n) is 10.5. The van der Waals surface area contributed by atoms with Crippen LogP contribution in [0.15, 0.2) is 54.6 Å². The molecule has 2 aromatic carbocycles. The van der Waals surface area contributed by atoms with Crippen LogP contribution in [0, 0.1) is 11.6 Å². The Bertz CT molecular complexity index is 1130. The summed E-state index contributed by atoms with van der Waals surface area (Å²) in [6.07, 6.45) is -0.140. The van der Waals surface area contributed by atoms with Crippen molar-refractivity contribution < 1.29 is 58.5 Å². The number of hydrogen-bond donors (Lipinski definition) is 2. The van der Waals surface area contributed by atoms with E-state index in [0.29, 0.717) is 28.3 Å². The van der Waals surface area contributed by atoms with Crippen LogP contribution in [0.2, 0.25) is 0 Å². The molecule has 0 radical (unpaired) electrons. The smallest absolute Gasteiger partial charge is 0.550 e. The van der Waals surface area contributed by atoms with Crippen LogP contribution in [0.3, 0.4) is 0 Å². The van der Waals surface area contributed by atoms with Gasteiger partial charge in [-0.3, -0.25) is 0 Å². The quantitative estimate of drug-likeness (QED) is 0.433. The van der Waals surface area contributed by atoms with Crippen molar-refractivity contribution in [2.45, 2.75) is 44.8 Å². The number of carboxylic acids is 1. The molecule has 3 rings (SSSR count). The molecule has 0 aliphatic rings. The van der Waals surface area contributed by atoms with Gasteiger partial charge < -0.3 is 24.7 Å². The maximum atomic E-state index is 13.6. The molecule has 0 aliphatic heterocycles. The van der Waals surface area contributed by atoms with Gasteiger partial charge in [-0.1, -0.05) is 13.8 Å². The van der Waals surface area contributed by atoms with E-state index >= 15 is 0 Å². The van der Waals surface area contributed by atoms with E-state index in [4.69, 9.17) is 4.98 Å². The predicted octanol–water partition coefficient (Wildman–Crippen LogP) is 0.345. The van der Waals surface area contributed by atoms with Crippen molar-refractivity contribution in [3.8, 4) is 22.5 Å². The van der Waals surface area contributed by atoms with Crippen molar-refractivity contribution in [2.24, 2.45) is 0 Å². The Kier molecular flexibility index (Phi) is 10.1. The molecule has 1 aromatic heterocycles. The minimum Gasteiger partial charge on any atom is -0.550 e. The Hall–Kier alpha value is -2.36. The Morgan fingerprint density at radius 3 is 2.06 bits per heavy atom. The first-order valence-corrected chi connectivity index (χ1v) is 10.5. The van der Waals surface area contributed by atoms with E-state index in [-0.39, 0.29) is 47.7 Å². The summed E-state index contributed by atoms with van der Waals surface area (Å²) in [5, 5.41) is 30.7.